The zero-order valence-electron chi connectivity index (χ0n) is 27.5. The Balaban J connectivity index is 1.41. The lowest BCUT2D eigenvalue weighted by Crippen LogP contribution is -2.34. The number of anilines is 1. The Morgan fingerprint density at radius 3 is 2.69 bits per heavy atom. The number of hydrogen-bond donors (Lipinski definition) is 2. The fraction of sp³-hybridized carbons (Fsp3) is 0.364. The summed E-state index contributed by atoms with van der Waals surface area (Å²) in [5.74, 6) is -2.29. The lowest BCUT2D eigenvalue weighted by molar-refractivity contribution is -0.137. The second kappa shape index (κ2) is 13.9. The quantitative estimate of drug-likeness (QED) is 0.250. The Kier molecular flexibility index (Phi) is 9.69. The highest BCUT2D eigenvalue weighted by atomic mass is 35.5. The van der Waals surface area contributed by atoms with Crippen LogP contribution in [0.3, 0.4) is 0 Å². The number of halogens is 5. The summed E-state index contributed by atoms with van der Waals surface area (Å²) in [5, 5.41) is 16.9. The minimum absolute atomic E-state index is 0.0640. The summed E-state index contributed by atoms with van der Waals surface area (Å²) in [5.41, 5.74) is -0.257. The second-order valence-corrected chi connectivity index (χ2v) is 12.5. The fourth-order valence-corrected chi connectivity index (χ4v) is 6.35. The Morgan fingerprint density at radius 2 is 2.00 bits per heavy atom. The zero-order valence-corrected chi connectivity index (χ0v) is 28.3. The molecule has 4 aromatic rings. The molecule has 0 saturated carbocycles. The third-order valence-corrected chi connectivity index (χ3v) is 9.01. The number of fused-ring (bicyclic) bond motifs is 1. The van der Waals surface area contributed by atoms with Gasteiger partial charge in [-0.05, 0) is 56.5 Å². The van der Waals surface area contributed by atoms with Gasteiger partial charge in [-0.2, -0.15) is 22.7 Å². The number of aromatic nitrogens is 6. The van der Waals surface area contributed by atoms with Crippen molar-refractivity contribution in [1.29, 1.82) is 0 Å². The van der Waals surface area contributed by atoms with E-state index < -0.39 is 41.5 Å². The molecule has 5 heterocycles. The molecular weight excluding hydrogens is 700 g/mol. The minimum Gasteiger partial charge on any atom is -0.504 e. The molecule has 268 valence electrons. The van der Waals surface area contributed by atoms with Gasteiger partial charge in [0.15, 0.2) is 17.3 Å². The van der Waals surface area contributed by atoms with Crippen molar-refractivity contribution in [2.75, 3.05) is 25.1 Å². The predicted molar refractivity (Wildman–Crippen MR) is 177 cm³/mol. The van der Waals surface area contributed by atoms with Crippen LogP contribution in [-0.4, -0.2) is 76.8 Å². The normalized spacial score (nSPS) is 17.5. The van der Waals surface area contributed by atoms with Gasteiger partial charge < -0.3 is 24.6 Å². The van der Waals surface area contributed by atoms with Gasteiger partial charge in [-0.15, -0.1) is 5.10 Å². The lowest BCUT2D eigenvalue weighted by Gasteiger charge is -2.20. The molecular formula is C33H31ClF4N8O5. The van der Waals surface area contributed by atoms with Gasteiger partial charge in [-0.3, -0.25) is 14.4 Å². The molecule has 1 aromatic carbocycles. The van der Waals surface area contributed by atoms with E-state index in [4.69, 9.17) is 16.3 Å². The van der Waals surface area contributed by atoms with Crippen molar-refractivity contribution >= 4 is 46.5 Å². The number of hydrogen-bond acceptors (Lipinski definition) is 9. The fourth-order valence-electron chi connectivity index (χ4n) is 6.13. The number of nitrogens with zero attached hydrogens (tertiary/aromatic N) is 7. The molecule has 0 bridgehead atoms. The van der Waals surface area contributed by atoms with Crippen LogP contribution in [0.2, 0.25) is 5.02 Å². The molecule has 6 rings (SSSR count). The average molecular weight is 731 g/mol. The number of carbonyl (C=O) groups excluding carboxylic acids is 2. The monoisotopic (exact) mass is 730 g/mol. The number of aromatic hydroxyl groups is 1. The number of aryl methyl sites for hydroxylation is 1. The molecule has 13 nitrogen and oxygen atoms in total. The molecule has 1 saturated heterocycles. The Hall–Kier alpha value is -5.16. The Bertz CT molecular complexity index is 2200. The summed E-state index contributed by atoms with van der Waals surface area (Å²) in [6.45, 7) is 4.63. The van der Waals surface area contributed by atoms with E-state index in [1.807, 2.05) is 6.92 Å². The number of rotatable bonds is 7. The third-order valence-electron chi connectivity index (χ3n) is 8.70. The van der Waals surface area contributed by atoms with Gasteiger partial charge in [0, 0.05) is 30.3 Å². The summed E-state index contributed by atoms with van der Waals surface area (Å²) < 4.78 is 61.9. The summed E-state index contributed by atoms with van der Waals surface area (Å²) in [7, 11) is 0. The maximum absolute atomic E-state index is 14.8. The number of ether oxygens (including phenoxy) is 1. The summed E-state index contributed by atoms with van der Waals surface area (Å²) in [6, 6.07) is 2.18. The van der Waals surface area contributed by atoms with Gasteiger partial charge in [0.05, 0.1) is 40.7 Å². The largest absolute Gasteiger partial charge is 0.504 e. The zero-order chi connectivity index (χ0) is 36.8. The Morgan fingerprint density at radius 1 is 1.24 bits per heavy atom. The molecule has 0 radical (unpaired) electrons. The first-order chi connectivity index (χ1) is 24.2. The number of likely N-dealkylation sites (tertiary alicyclic amines) is 1. The van der Waals surface area contributed by atoms with Gasteiger partial charge >= 0.3 is 6.18 Å². The van der Waals surface area contributed by atoms with E-state index in [-0.39, 0.29) is 89.2 Å². The van der Waals surface area contributed by atoms with Gasteiger partial charge in [0.1, 0.15) is 18.7 Å². The lowest BCUT2D eigenvalue weighted by atomic mass is 10.1. The van der Waals surface area contributed by atoms with Crippen LogP contribution in [-0.2, 0) is 28.7 Å². The Labute approximate surface area is 292 Å². The smallest absolute Gasteiger partial charge is 0.416 e. The molecule has 1 atom stereocenters. The molecule has 0 aliphatic carbocycles. The molecule has 1 fully saturated rings. The molecule has 2 amide bonds. The standard InChI is InChI=1S/C33H31ClF4N8O5/c1-4-25-21(10-18-9-16(2)44(12-18)31(50)27-28(48)17(3)39-15-40-27)30(49)46-32(42-29(43-46)20-7-8-51-14-23(20)35)45(25)13-26(47)41-24-6-5-19(11-22(24)34)33(36,37)38/h5-6,10-11,15-16,48H,4,7-9,12-14H2,1-3H3,(H,41,47). The van der Waals surface area contributed by atoms with E-state index in [1.54, 1.807) is 19.9 Å². The molecule has 51 heavy (non-hydrogen) atoms. The summed E-state index contributed by atoms with van der Waals surface area (Å²) in [4.78, 5) is 54.8. The van der Waals surface area contributed by atoms with Crippen LogP contribution >= 0.6 is 11.6 Å². The van der Waals surface area contributed by atoms with Gasteiger partial charge in [-0.25, -0.2) is 14.4 Å². The van der Waals surface area contributed by atoms with Gasteiger partial charge in [0.25, 0.3) is 11.5 Å². The topological polar surface area (TPSA) is 157 Å². The molecule has 3 aromatic heterocycles. The van der Waals surface area contributed by atoms with E-state index in [0.717, 1.165) is 16.6 Å². The van der Waals surface area contributed by atoms with E-state index in [9.17, 15) is 37.1 Å². The highest BCUT2D eigenvalue weighted by Gasteiger charge is 2.33. The molecule has 1 unspecified atom stereocenters. The van der Waals surface area contributed by atoms with E-state index in [1.165, 1.54) is 15.8 Å². The minimum atomic E-state index is -4.64. The van der Waals surface area contributed by atoms with Crippen LogP contribution < -0.4 is 10.9 Å². The molecule has 2 aliphatic heterocycles. The predicted octanol–water partition coefficient (Wildman–Crippen LogP) is 4.99. The number of nitrogens with one attached hydrogen (secondary N) is 1. The third kappa shape index (κ3) is 6.95. The highest BCUT2D eigenvalue weighted by Crippen LogP contribution is 2.34. The van der Waals surface area contributed by atoms with E-state index >= 15 is 0 Å². The summed E-state index contributed by atoms with van der Waals surface area (Å²) in [6.07, 6.45) is -1.13. The highest BCUT2D eigenvalue weighted by molar-refractivity contribution is 6.33. The molecule has 0 spiro atoms. The van der Waals surface area contributed by atoms with Crippen LogP contribution in [0.5, 0.6) is 5.75 Å². The van der Waals surface area contributed by atoms with Crippen LogP contribution in [0.4, 0.5) is 23.2 Å². The second-order valence-electron chi connectivity index (χ2n) is 12.1. The first-order valence-electron chi connectivity index (χ1n) is 15.8. The van der Waals surface area contributed by atoms with Crippen LogP contribution in [0.25, 0.3) is 17.4 Å². The van der Waals surface area contributed by atoms with Crippen molar-refractivity contribution in [3.05, 3.63) is 85.3 Å². The van der Waals surface area contributed by atoms with Crippen molar-refractivity contribution in [1.82, 2.24) is 34.0 Å². The van der Waals surface area contributed by atoms with Crippen LogP contribution in [0, 0.1) is 6.92 Å². The number of amides is 2. The van der Waals surface area contributed by atoms with Crippen molar-refractivity contribution in [2.45, 2.75) is 58.8 Å². The van der Waals surface area contributed by atoms with Crippen LogP contribution in [0.1, 0.15) is 65.5 Å². The maximum Gasteiger partial charge on any atom is 0.416 e. The molecule has 2 N–H and O–H groups in total. The first-order valence-corrected chi connectivity index (χ1v) is 16.2. The number of benzene rings is 1. The SMILES string of the molecule is CCc1c(C=C2CC(C)N(C(=O)c3ncnc(C)c3O)C2)c(=O)n2nc(C3=C(F)COCC3)nc2n1CC(=O)Nc1ccc(C(F)(F)F)cc1Cl. The number of carbonyl (C=O) groups is 2. The summed E-state index contributed by atoms with van der Waals surface area (Å²) >= 11 is 6.08. The maximum atomic E-state index is 14.8. The van der Waals surface area contributed by atoms with Crippen molar-refractivity contribution < 1.29 is 37.0 Å². The van der Waals surface area contributed by atoms with Crippen molar-refractivity contribution in [3.63, 3.8) is 0 Å². The van der Waals surface area contributed by atoms with E-state index in [2.05, 4.69) is 25.4 Å². The van der Waals surface area contributed by atoms with Gasteiger partial charge in [-0.1, -0.05) is 18.5 Å². The number of alkyl halides is 3. The molecule has 2 aliphatic rings. The van der Waals surface area contributed by atoms with Crippen LogP contribution in [0.15, 0.2) is 40.7 Å². The average Bonchev–Trinajstić information content (AvgIpc) is 3.69. The van der Waals surface area contributed by atoms with Crippen molar-refractivity contribution in [3.8, 4) is 5.75 Å². The van der Waals surface area contributed by atoms with Crippen molar-refractivity contribution in [2.24, 2.45) is 0 Å². The van der Waals surface area contributed by atoms with E-state index in [0.29, 0.717) is 23.8 Å². The van der Waals surface area contributed by atoms with Gasteiger partial charge in [0.2, 0.25) is 11.7 Å². The first kappa shape index (κ1) is 35.7. The molecule has 18 heteroatoms.